The van der Waals surface area contributed by atoms with Crippen LogP contribution in [0, 0.1) is 6.92 Å². The first kappa shape index (κ1) is 17.1. The summed E-state index contributed by atoms with van der Waals surface area (Å²) in [5.41, 5.74) is 7.45. The van der Waals surface area contributed by atoms with Crippen LogP contribution in [-0.4, -0.2) is 39.5 Å². The number of likely N-dealkylation sites (N-methyl/N-ethyl adjacent to an activating group) is 1. The number of rotatable bonds is 8. The summed E-state index contributed by atoms with van der Waals surface area (Å²) < 4.78 is 27.0. The summed E-state index contributed by atoms with van der Waals surface area (Å²) >= 11 is 0. The van der Waals surface area contributed by atoms with E-state index in [-0.39, 0.29) is 0 Å². The maximum atomic E-state index is 12.2. The number of nitrogens with two attached hydrogens (primary N) is 1. The first-order valence-corrected chi connectivity index (χ1v) is 8.44. The van der Waals surface area contributed by atoms with Gasteiger partial charge in [0.25, 0.3) is 0 Å². The molecule has 0 aliphatic heterocycles. The fraction of sp³-hybridized carbons (Fsp3) is 0.571. The lowest BCUT2D eigenvalue weighted by Crippen LogP contribution is -2.34. The van der Waals surface area contributed by atoms with Crippen LogP contribution < -0.4 is 10.5 Å². The van der Waals surface area contributed by atoms with Crippen molar-refractivity contribution in [1.82, 2.24) is 9.62 Å². The molecule has 3 N–H and O–H groups in total. The summed E-state index contributed by atoms with van der Waals surface area (Å²) in [6, 6.07) is 5.05. The van der Waals surface area contributed by atoms with Crippen molar-refractivity contribution >= 4 is 10.0 Å². The van der Waals surface area contributed by atoms with Gasteiger partial charge < -0.3 is 10.6 Å². The highest BCUT2D eigenvalue weighted by molar-refractivity contribution is 7.89. The first-order valence-electron chi connectivity index (χ1n) is 6.96. The fourth-order valence-corrected chi connectivity index (χ4v) is 3.13. The Kier molecular flexibility index (Phi) is 6.61. The largest absolute Gasteiger partial charge is 0.326 e. The van der Waals surface area contributed by atoms with Crippen LogP contribution in [0.25, 0.3) is 0 Å². The fourth-order valence-electron chi connectivity index (χ4n) is 2.03. The van der Waals surface area contributed by atoms with Gasteiger partial charge in [-0.05, 0) is 43.3 Å². The third kappa shape index (κ3) is 4.56. The molecule has 0 aliphatic rings. The normalized spacial score (nSPS) is 12.1. The van der Waals surface area contributed by atoms with Crippen molar-refractivity contribution in [3.8, 4) is 0 Å². The molecule has 1 aromatic rings. The molecule has 5 nitrogen and oxygen atoms in total. The van der Waals surface area contributed by atoms with Crippen LogP contribution >= 0.6 is 0 Å². The Bertz CT molecular complexity index is 525. The van der Waals surface area contributed by atoms with Crippen LogP contribution in [0.4, 0.5) is 0 Å². The Labute approximate surface area is 122 Å². The molecule has 0 bridgehead atoms. The van der Waals surface area contributed by atoms with Crippen LogP contribution in [0.3, 0.4) is 0 Å². The summed E-state index contributed by atoms with van der Waals surface area (Å²) in [5, 5.41) is 0. The van der Waals surface area contributed by atoms with Crippen LogP contribution in [0.5, 0.6) is 0 Å². The Morgan fingerprint density at radius 2 is 1.90 bits per heavy atom. The van der Waals surface area contributed by atoms with Gasteiger partial charge in [-0.1, -0.05) is 19.9 Å². The van der Waals surface area contributed by atoms with Gasteiger partial charge in [0, 0.05) is 19.6 Å². The summed E-state index contributed by atoms with van der Waals surface area (Å²) in [5.74, 6) is 0. The zero-order valence-electron chi connectivity index (χ0n) is 12.5. The monoisotopic (exact) mass is 299 g/mol. The Hall–Kier alpha value is -0.950. The SMILES string of the molecule is CCN(CC)CCNS(=O)(=O)c1ccc(CN)c(C)c1. The third-order valence-corrected chi connectivity index (χ3v) is 4.92. The second-order valence-electron chi connectivity index (χ2n) is 4.72. The van der Waals surface area contributed by atoms with Crippen LogP contribution in [0.2, 0.25) is 0 Å². The molecule has 0 amide bonds. The quantitative estimate of drug-likeness (QED) is 0.753. The van der Waals surface area contributed by atoms with Gasteiger partial charge >= 0.3 is 0 Å². The zero-order chi connectivity index (χ0) is 15.2. The number of hydrogen-bond donors (Lipinski definition) is 2. The van der Waals surface area contributed by atoms with Crippen molar-refractivity contribution in [1.29, 1.82) is 0 Å². The molecule has 0 aromatic heterocycles. The van der Waals surface area contributed by atoms with Crippen molar-refractivity contribution in [2.45, 2.75) is 32.2 Å². The van der Waals surface area contributed by atoms with E-state index in [1.54, 1.807) is 18.2 Å². The number of sulfonamides is 1. The van der Waals surface area contributed by atoms with Crippen molar-refractivity contribution in [3.63, 3.8) is 0 Å². The second kappa shape index (κ2) is 7.73. The van der Waals surface area contributed by atoms with Crippen molar-refractivity contribution in [3.05, 3.63) is 29.3 Å². The first-order chi connectivity index (χ1) is 9.44. The van der Waals surface area contributed by atoms with E-state index in [1.807, 2.05) is 6.92 Å². The van der Waals surface area contributed by atoms with Gasteiger partial charge in [-0.15, -0.1) is 0 Å². The lowest BCUT2D eigenvalue weighted by atomic mass is 10.1. The van der Waals surface area contributed by atoms with E-state index in [0.29, 0.717) is 24.5 Å². The molecule has 20 heavy (non-hydrogen) atoms. The summed E-state index contributed by atoms with van der Waals surface area (Å²) in [6.45, 7) is 9.39. The molecular formula is C14H25N3O2S. The van der Waals surface area contributed by atoms with E-state index < -0.39 is 10.0 Å². The molecule has 1 aromatic carbocycles. The van der Waals surface area contributed by atoms with E-state index in [0.717, 1.165) is 24.2 Å². The predicted molar refractivity (Wildman–Crippen MR) is 82.0 cm³/mol. The summed E-state index contributed by atoms with van der Waals surface area (Å²) in [7, 11) is -3.44. The maximum absolute atomic E-state index is 12.2. The smallest absolute Gasteiger partial charge is 0.240 e. The molecule has 0 aliphatic carbocycles. The van der Waals surface area contributed by atoms with Gasteiger partial charge in [-0.25, -0.2) is 13.1 Å². The van der Waals surface area contributed by atoms with Crippen LogP contribution in [-0.2, 0) is 16.6 Å². The molecule has 0 saturated carbocycles. The standard InChI is InChI=1S/C14H25N3O2S/c1-4-17(5-2)9-8-16-20(18,19)14-7-6-13(11-15)12(3)10-14/h6-7,10,16H,4-5,8-9,11,15H2,1-3H3. The Balaban J connectivity index is 2.71. The van der Waals surface area contributed by atoms with Crippen molar-refractivity contribution in [2.75, 3.05) is 26.2 Å². The molecular weight excluding hydrogens is 274 g/mol. The third-order valence-electron chi connectivity index (χ3n) is 3.46. The lowest BCUT2D eigenvalue weighted by Gasteiger charge is -2.18. The summed E-state index contributed by atoms with van der Waals surface area (Å²) in [6.07, 6.45) is 0. The average Bonchev–Trinajstić information content (AvgIpc) is 2.43. The topological polar surface area (TPSA) is 75.4 Å². The Morgan fingerprint density at radius 1 is 1.25 bits per heavy atom. The minimum atomic E-state index is -3.44. The summed E-state index contributed by atoms with van der Waals surface area (Å²) in [4.78, 5) is 2.47. The van der Waals surface area contributed by atoms with E-state index >= 15 is 0 Å². The molecule has 0 atom stereocenters. The number of hydrogen-bond acceptors (Lipinski definition) is 4. The van der Waals surface area contributed by atoms with Gasteiger partial charge in [0.2, 0.25) is 10.0 Å². The molecule has 0 unspecified atom stereocenters. The average molecular weight is 299 g/mol. The van der Waals surface area contributed by atoms with Crippen LogP contribution in [0.1, 0.15) is 25.0 Å². The van der Waals surface area contributed by atoms with Crippen molar-refractivity contribution < 1.29 is 8.42 Å². The van der Waals surface area contributed by atoms with E-state index in [4.69, 9.17) is 5.73 Å². The van der Waals surface area contributed by atoms with Gasteiger partial charge in [-0.3, -0.25) is 0 Å². The molecule has 6 heteroatoms. The number of nitrogens with zero attached hydrogens (tertiary/aromatic N) is 1. The Morgan fingerprint density at radius 3 is 2.40 bits per heavy atom. The highest BCUT2D eigenvalue weighted by Gasteiger charge is 2.14. The van der Waals surface area contributed by atoms with E-state index in [9.17, 15) is 8.42 Å². The molecule has 0 heterocycles. The van der Waals surface area contributed by atoms with Crippen LogP contribution in [0.15, 0.2) is 23.1 Å². The number of aryl methyl sites for hydroxylation is 1. The molecule has 0 spiro atoms. The lowest BCUT2D eigenvalue weighted by molar-refractivity contribution is 0.309. The highest BCUT2D eigenvalue weighted by Crippen LogP contribution is 2.14. The maximum Gasteiger partial charge on any atom is 0.240 e. The number of benzene rings is 1. The van der Waals surface area contributed by atoms with Gasteiger partial charge in [-0.2, -0.15) is 0 Å². The molecule has 114 valence electrons. The van der Waals surface area contributed by atoms with Gasteiger partial charge in [0.15, 0.2) is 0 Å². The molecule has 0 radical (unpaired) electrons. The van der Waals surface area contributed by atoms with Gasteiger partial charge in [0.05, 0.1) is 4.90 Å². The van der Waals surface area contributed by atoms with E-state index in [1.165, 1.54) is 0 Å². The minimum absolute atomic E-state index is 0.298. The number of nitrogens with one attached hydrogen (secondary N) is 1. The zero-order valence-corrected chi connectivity index (χ0v) is 13.3. The van der Waals surface area contributed by atoms with E-state index in [2.05, 4.69) is 23.5 Å². The van der Waals surface area contributed by atoms with Gasteiger partial charge in [0.1, 0.15) is 0 Å². The van der Waals surface area contributed by atoms with Crippen molar-refractivity contribution in [2.24, 2.45) is 5.73 Å². The second-order valence-corrected chi connectivity index (χ2v) is 6.48. The minimum Gasteiger partial charge on any atom is -0.326 e. The predicted octanol–water partition coefficient (Wildman–Crippen LogP) is 1.07. The highest BCUT2D eigenvalue weighted by atomic mass is 32.2. The molecule has 0 fully saturated rings. The molecule has 0 saturated heterocycles. The molecule has 1 rings (SSSR count).